The third-order valence-corrected chi connectivity index (χ3v) is 13.8. The Labute approximate surface area is 371 Å². The highest BCUT2D eigenvalue weighted by Gasteiger charge is 2.38. The summed E-state index contributed by atoms with van der Waals surface area (Å²) < 4.78 is 9.12. The molecule has 0 radical (unpaired) electrons. The second-order valence-electron chi connectivity index (χ2n) is 17.7. The molecule has 0 N–H and O–H groups in total. The molecule has 1 aliphatic carbocycles. The summed E-state index contributed by atoms with van der Waals surface area (Å²) in [6.07, 6.45) is 0. The maximum Gasteiger partial charge on any atom is 0.143 e. The number of para-hydroxylation sites is 3. The Kier molecular flexibility index (Phi) is 7.95. The minimum Gasteiger partial charge on any atom is -0.455 e. The van der Waals surface area contributed by atoms with E-state index in [-0.39, 0.29) is 5.41 Å². The molecule has 64 heavy (non-hydrogen) atoms. The van der Waals surface area contributed by atoms with E-state index in [0.29, 0.717) is 0 Å². The molecule has 0 amide bonds. The van der Waals surface area contributed by atoms with Gasteiger partial charge < -0.3 is 13.9 Å². The van der Waals surface area contributed by atoms with Crippen molar-refractivity contribution >= 4 is 71.6 Å². The van der Waals surface area contributed by atoms with Crippen molar-refractivity contribution in [3.63, 3.8) is 0 Å². The molecule has 0 spiro atoms. The highest BCUT2D eigenvalue weighted by molar-refractivity contribution is 6.15. The Morgan fingerprint density at radius 2 is 1.05 bits per heavy atom. The number of furan rings is 1. The smallest absolute Gasteiger partial charge is 0.143 e. The standard InChI is InChI=1S/C61H42N2O/c1-61(2)52-23-9-5-22-51(52)59-53(61)24-14-28-57(59)62(54-25-10-6-18-45(54)42-32-35-49-50-36-31-40-15-3-4-19-46(40)60(50)64-58(49)38-42)43-33-29-39(30-34-43)41-16-13-17-44(37-41)63-55-26-11-7-20-47(55)48-21-8-12-27-56(48)63/h3-38H,1-2H3. The summed E-state index contributed by atoms with van der Waals surface area (Å²) in [5, 5.41) is 7.09. The van der Waals surface area contributed by atoms with Gasteiger partial charge in [0.2, 0.25) is 0 Å². The van der Waals surface area contributed by atoms with E-state index >= 15 is 0 Å². The first-order chi connectivity index (χ1) is 31.5. The minimum absolute atomic E-state index is 0.144. The van der Waals surface area contributed by atoms with Crippen molar-refractivity contribution in [2.24, 2.45) is 0 Å². The number of hydrogen-bond donors (Lipinski definition) is 0. The van der Waals surface area contributed by atoms with E-state index in [0.717, 1.165) is 66.8 Å². The maximum absolute atomic E-state index is 6.73. The molecule has 0 atom stereocenters. The monoisotopic (exact) mass is 818 g/mol. The largest absolute Gasteiger partial charge is 0.455 e. The Balaban J connectivity index is 0.975. The first kappa shape index (κ1) is 36.5. The van der Waals surface area contributed by atoms with Crippen LogP contribution in [-0.4, -0.2) is 4.57 Å². The molecule has 0 saturated heterocycles. The van der Waals surface area contributed by atoms with Gasteiger partial charge in [0, 0.05) is 54.8 Å². The molecule has 12 aromatic rings. The van der Waals surface area contributed by atoms with Crippen LogP contribution < -0.4 is 4.90 Å². The Bertz CT molecular complexity index is 3770. The summed E-state index contributed by atoms with van der Waals surface area (Å²) in [7, 11) is 0. The summed E-state index contributed by atoms with van der Waals surface area (Å²) in [5.41, 5.74) is 18.4. The quantitative estimate of drug-likeness (QED) is 0.167. The van der Waals surface area contributed by atoms with Crippen LogP contribution in [0.15, 0.2) is 223 Å². The highest BCUT2D eigenvalue weighted by Crippen LogP contribution is 2.55. The number of benzene rings is 10. The van der Waals surface area contributed by atoms with Crippen molar-refractivity contribution in [1.82, 2.24) is 4.57 Å². The van der Waals surface area contributed by atoms with Crippen LogP contribution in [0, 0.1) is 0 Å². The van der Waals surface area contributed by atoms with Crippen LogP contribution in [0.4, 0.5) is 17.1 Å². The molecule has 3 heteroatoms. The van der Waals surface area contributed by atoms with Gasteiger partial charge in [-0.1, -0.05) is 166 Å². The summed E-state index contributed by atoms with van der Waals surface area (Å²) in [4.78, 5) is 2.47. The summed E-state index contributed by atoms with van der Waals surface area (Å²) >= 11 is 0. The van der Waals surface area contributed by atoms with Crippen LogP contribution in [0.1, 0.15) is 25.0 Å². The molecule has 2 heterocycles. The maximum atomic E-state index is 6.73. The molecule has 1 aliphatic rings. The molecule has 0 bridgehead atoms. The number of fused-ring (bicyclic) bond motifs is 11. The first-order valence-corrected chi connectivity index (χ1v) is 22.2. The summed E-state index contributed by atoms with van der Waals surface area (Å²) in [6, 6.07) is 79.6. The lowest BCUT2D eigenvalue weighted by atomic mass is 9.82. The van der Waals surface area contributed by atoms with Crippen LogP contribution in [0.25, 0.3) is 93.6 Å². The van der Waals surface area contributed by atoms with Crippen molar-refractivity contribution in [3.05, 3.63) is 230 Å². The van der Waals surface area contributed by atoms with E-state index < -0.39 is 0 Å². The molecule has 10 aromatic carbocycles. The van der Waals surface area contributed by atoms with Gasteiger partial charge in [-0.3, -0.25) is 0 Å². The average molecular weight is 819 g/mol. The third-order valence-electron chi connectivity index (χ3n) is 13.8. The van der Waals surface area contributed by atoms with Gasteiger partial charge in [-0.2, -0.15) is 0 Å². The van der Waals surface area contributed by atoms with Gasteiger partial charge in [0.15, 0.2) is 0 Å². The zero-order valence-corrected chi connectivity index (χ0v) is 35.6. The zero-order valence-electron chi connectivity index (χ0n) is 35.6. The van der Waals surface area contributed by atoms with Crippen LogP contribution in [0.3, 0.4) is 0 Å². The highest BCUT2D eigenvalue weighted by atomic mass is 16.3. The van der Waals surface area contributed by atoms with Crippen LogP contribution >= 0.6 is 0 Å². The fourth-order valence-electron chi connectivity index (χ4n) is 10.7. The topological polar surface area (TPSA) is 21.3 Å². The van der Waals surface area contributed by atoms with Gasteiger partial charge in [-0.15, -0.1) is 0 Å². The molecule has 2 aromatic heterocycles. The molecule has 0 aliphatic heterocycles. The zero-order chi connectivity index (χ0) is 42.5. The van der Waals surface area contributed by atoms with E-state index in [9.17, 15) is 0 Å². The van der Waals surface area contributed by atoms with E-state index in [1.807, 2.05) is 0 Å². The number of rotatable bonds is 6. The molecule has 0 saturated carbocycles. The number of hydrogen-bond acceptors (Lipinski definition) is 2. The average Bonchev–Trinajstić information content (AvgIpc) is 3.98. The van der Waals surface area contributed by atoms with Crippen molar-refractivity contribution < 1.29 is 4.42 Å². The van der Waals surface area contributed by atoms with Crippen LogP contribution in [0.5, 0.6) is 0 Å². The van der Waals surface area contributed by atoms with E-state index in [2.05, 4.69) is 242 Å². The molecule has 302 valence electrons. The fraction of sp³-hybridized carbons (Fsp3) is 0.0492. The Morgan fingerprint density at radius 1 is 0.422 bits per heavy atom. The first-order valence-electron chi connectivity index (χ1n) is 22.2. The van der Waals surface area contributed by atoms with E-state index in [4.69, 9.17) is 4.42 Å². The molecule has 3 nitrogen and oxygen atoms in total. The Morgan fingerprint density at radius 3 is 1.86 bits per heavy atom. The lowest BCUT2D eigenvalue weighted by molar-refractivity contribution is 0.660. The van der Waals surface area contributed by atoms with Crippen LogP contribution in [-0.2, 0) is 5.41 Å². The number of anilines is 3. The molecule has 0 unspecified atom stereocenters. The van der Waals surface area contributed by atoms with Gasteiger partial charge in [0.25, 0.3) is 0 Å². The van der Waals surface area contributed by atoms with E-state index in [1.54, 1.807) is 0 Å². The van der Waals surface area contributed by atoms with Gasteiger partial charge in [0.1, 0.15) is 11.2 Å². The fourth-order valence-corrected chi connectivity index (χ4v) is 10.7. The molecular weight excluding hydrogens is 777 g/mol. The SMILES string of the molecule is CC1(C)c2ccccc2-c2c(N(c3ccc(-c4cccc(-n5c6ccccc6c6ccccc65)c4)cc3)c3ccccc3-c3ccc4c(c3)oc3c5ccccc5ccc43)cccc21. The predicted octanol–water partition coefficient (Wildman–Crippen LogP) is 16.9. The molecular formula is C61H42N2O. The predicted molar refractivity (Wildman–Crippen MR) is 269 cm³/mol. The van der Waals surface area contributed by atoms with Crippen LogP contribution in [0.2, 0.25) is 0 Å². The second kappa shape index (κ2) is 13.9. The van der Waals surface area contributed by atoms with Crippen molar-refractivity contribution in [2.75, 3.05) is 4.90 Å². The van der Waals surface area contributed by atoms with Gasteiger partial charge in [-0.05, 0) is 105 Å². The summed E-state index contributed by atoms with van der Waals surface area (Å²) in [5.74, 6) is 0. The minimum atomic E-state index is -0.144. The third kappa shape index (κ3) is 5.41. The van der Waals surface area contributed by atoms with Crippen molar-refractivity contribution in [2.45, 2.75) is 19.3 Å². The van der Waals surface area contributed by atoms with Gasteiger partial charge in [0.05, 0.1) is 22.4 Å². The molecule has 13 rings (SSSR count). The summed E-state index contributed by atoms with van der Waals surface area (Å²) in [6.45, 7) is 4.71. The number of nitrogens with zero attached hydrogens (tertiary/aromatic N) is 2. The van der Waals surface area contributed by atoms with Gasteiger partial charge in [-0.25, -0.2) is 0 Å². The van der Waals surface area contributed by atoms with Gasteiger partial charge >= 0.3 is 0 Å². The molecule has 0 fully saturated rings. The lowest BCUT2D eigenvalue weighted by Crippen LogP contribution is -2.16. The Hall–Kier alpha value is -8.14. The van der Waals surface area contributed by atoms with Crippen molar-refractivity contribution in [3.8, 4) is 39.1 Å². The lowest BCUT2D eigenvalue weighted by Gasteiger charge is -2.30. The van der Waals surface area contributed by atoms with E-state index in [1.165, 1.54) is 55.0 Å². The second-order valence-corrected chi connectivity index (χ2v) is 17.7. The number of aromatic nitrogens is 1. The van der Waals surface area contributed by atoms with Crippen molar-refractivity contribution in [1.29, 1.82) is 0 Å². The normalized spacial score (nSPS) is 13.0.